The van der Waals surface area contributed by atoms with Crippen LogP contribution in [0.2, 0.25) is 10.0 Å². The lowest BCUT2D eigenvalue weighted by molar-refractivity contribution is -0.133. The zero-order valence-corrected chi connectivity index (χ0v) is 23.0. The van der Waals surface area contributed by atoms with Crippen molar-refractivity contribution in [1.82, 2.24) is 20.3 Å². The van der Waals surface area contributed by atoms with E-state index in [4.69, 9.17) is 27.7 Å². The minimum Gasteiger partial charge on any atom is -0.477 e. The van der Waals surface area contributed by atoms with Gasteiger partial charge in [0.05, 0.1) is 15.8 Å². The summed E-state index contributed by atoms with van der Waals surface area (Å²) in [7, 11) is 3.29. The summed E-state index contributed by atoms with van der Waals surface area (Å²) in [5, 5.41) is 17.8. The molecule has 0 amide bonds. The van der Waals surface area contributed by atoms with Crippen LogP contribution in [0.25, 0.3) is 11.3 Å². The third-order valence-electron chi connectivity index (χ3n) is 7.34. The highest BCUT2D eigenvalue weighted by atomic mass is 35.5. The molecule has 0 unspecified atom stereocenters. The van der Waals surface area contributed by atoms with Gasteiger partial charge in [0.25, 0.3) is 0 Å². The van der Waals surface area contributed by atoms with E-state index < -0.39 is 5.97 Å². The molecule has 0 radical (unpaired) electrons. The molecule has 1 aromatic carbocycles. The van der Waals surface area contributed by atoms with Gasteiger partial charge in [0.2, 0.25) is 0 Å². The van der Waals surface area contributed by atoms with Crippen LogP contribution in [0.4, 0.5) is 0 Å². The van der Waals surface area contributed by atoms with Crippen molar-refractivity contribution in [2.45, 2.75) is 25.2 Å². The Morgan fingerprint density at radius 1 is 1.18 bits per heavy atom. The van der Waals surface area contributed by atoms with Crippen molar-refractivity contribution in [3.63, 3.8) is 0 Å². The first-order valence-electron chi connectivity index (χ1n) is 12.8. The smallest absolute Gasteiger partial charge is 0.352 e. The molecule has 2 aromatic rings. The van der Waals surface area contributed by atoms with Crippen LogP contribution in [0, 0.1) is 0 Å². The van der Waals surface area contributed by atoms with Crippen LogP contribution in [0.5, 0.6) is 0 Å². The largest absolute Gasteiger partial charge is 0.477 e. The average molecular weight is 556 g/mol. The lowest BCUT2D eigenvalue weighted by Crippen LogP contribution is -2.46. The van der Waals surface area contributed by atoms with Gasteiger partial charge < -0.3 is 19.8 Å². The number of hydrogen-bond donors (Lipinski definition) is 2. The molecule has 2 aliphatic carbocycles. The number of benzene rings is 1. The maximum Gasteiger partial charge on any atom is 0.352 e. The van der Waals surface area contributed by atoms with Gasteiger partial charge in [0, 0.05) is 75.1 Å². The standard InChI is InChI=1S/C28H31Cl2N5O3/c1-31-23-16-18(8-9-19(23)26(32-2)28(36)37)35-14-12-34(13-15-35)11-10-20-25(33-38-27(20)17-6-7-17)24-21(29)4-3-5-22(24)30/h3-5,8-9,16-17,32H,6-7,10-15H2,1-2H3,(H,36,37)/b26-19-,31-23-. The van der Waals surface area contributed by atoms with E-state index in [1.807, 2.05) is 36.4 Å². The first-order chi connectivity index (χ1) is 18.4. The van der Waals surface area contributed by atoms with Crippen LogP contribution in [-0.2, 0) is 11.2 Å². The first kappa shape index (κ1) is 26.5. The number of aliphatic imine (C=N–C) groups is 1. The number of piperazine rings is 1. The minimum atomic E-state index is -1.00. The van der Waals surface area contributed by atoms with Crippen molar-refractivity contribution in [2.24, 2.45) is 4.99 Å². The van der Waals surface area contributed by atoms with Gasteiger partial charge >= 0.3 is 5.97 Å². The topological polar surface area (TPSA) is 94.2 Å². The highest BCUT2D eigenvalue weighted by Crippen LogP contribution is 2.46. The summed E-state index contributed by atoms with van der Waals surface area (Å²) >= 11 is 13.0. The van der Waals surface area contributed by atoms with Crippen LogP contribution in [0.3, 0.4) is 0 Å². The van der Waals surface area contributed by atoms with E-state index in [0.29, 0.717) is 27.2 Å². The van der Waals surface area contributed by atoms with Crippen LogP contribution in [0.1, 0.15) is 30.1 Å². The molecule has 1 saturated heterocycles. The second-order valence-electron chi connectivity index (χ2n) is 9.68. The molecule has 1 aliphatic heterocycles. The maximum atomic E-state index is 11.6. The molecular weight excluding hydrogens is 525 g/mol. The summed E-state index contributed by atoms with van der Waals surface area (Å²) in [5.74, 6) is 0.411. The van der Waals surface area contributed by atoms with Gasteiger partial charge in [-0.25, -0.2) is 4.79 Å². The number of allylic oxidation sites excluding steroid dienone is 4. The quantitative estimate of drug-likeness (QED) is 0.453. The molecule has 0 spiro atoms. The molecule has 8 nitrogen and oxygen atoms in total. The third-order valence-corrected chi connectivity index (χ3v) is 7.97. The third kappa shape index (κ3) is 5.39. The highest BCUT2D eigenvalue weighted by Gasteiger charge is 2.33. The van der Waals surface area contributed by atoms with E-state index in [9.17, 15) is 9.90 Å². The molecule has 3 aliphatic rings. The molecule has 0 bridgehead atoms. The Bertz CT molecular complexity index is 1330. The molecule has 2 fully saturated rings. The summed E-state index contributed by atoms with van der Waals surface area (Å²) in [6, 6.07) is 5.50. The summed E-state index contributed by atoms with van der Waals surface area (Å²) < 4.78 is 5.82. The Morgan fingerprint density at radius 3 is 2.50 bits per heavy atom. The normalized spacial score (nSPS) is 20.6. The molecule has 1 saturated carbocycles. The second-order valence-corrected chi connectivity index (χ2v) is 10.5. The van der Waals surface area contributed by atoms with E-state index in [1.165, 1.54) is 0 Å². The molecule has 0 atom stereocenters. The van der Waals surface area contributed by atoms with E-state index in [1.54, 1.807) is 14.1 Å². The number of rotatable bonds is 8. The van der Waals surface area contributed by atoms with Gasteiger partial charge in [-0.2, -0.15) is 0 Å². The fourth-order valence-corrected chi connectivity index (χ4v) is 5.70. The van der Waals surface area contributed by atoms with Gasteiger partial charge in [-0.3, -0.25) is 9.89 Å². The molecule has 5 rings (SSSR count). The van der Waals surface area contributed by atoms with E-state index >= 15 is 0 Å². The second kappa shape index (κ2) is 11.4. The van der Waals surface area contributed by atoms with Gasteiger partial charge in [-0.15, -0.1) is 0 Å². The Morgan fingerprint density at radius 2 is 1.89 bits per heavy atom. The van der Waals surface area contributed by atoms with Crippen molar-refractivity contribution < 1.29 is 14.4 Å². The number of aliphatic carboxylic acids is 1. The van der Waals surface area contributed by atoms with Crippen LogP contribution in [-0.4, -0.2) is 78.6 Å². The minimum absolute atomic E-state index is 0.138. The SMILES string of the molecule is C/N=C1/C=C(N2CCN(CCc3c(-c4c(Cl)cccc4Cl)noc3C3CC3)CC2)C=C/C1=C(/NC)C(=O)O. The van der Waals surface area contributed by atoms with Crippen molar-refractivity contribution in [3.05, 3.63) is 74.8 Å². The number of nitrogens with zero attached hydrogens (tertiary/aromatic N) is 4. The van der Waals surface area contributed by atoms with E-state index in [2.05, 4.69) is 25.3 Å². The number of hydrogen-bond acceptors (Lipinski definition) is 7. The number of carboxylic acid groups (broad SMARTS) is 1. The summed E-state index contributed by atoms with van der Waals surface area (Å²) in [6.45, 7) is 4.45. The Hall–Kier alpha value is -3.07. The Labute approximate surface area is 232 Å². The fourth-order valence-electron chi connectivity index (χ4n) is 5.12. The van der Waals surface area contributed by atoms with E-state index in [0.717, 1.165) is 80.3 Å². The zero-order chi connectivity index (χ0) is 26.8. The first-order valence-corrected chi connectivity index (χ1v) is 13.6. The van der Waals surface area contributed by atoms with Crippen LogP contribution in [0.15, 0.2) is 62.9 Å². The number of nitrogens with one attached hydrogen (secondary N) is 1. The number of aromatic nitrogens is 1. The van der Waals surface area contributed by atoms with Crippen molar-refractivity contribution in [1.29, 1.82) is 0 Å². The number of carboxylic acids is 1. The molecule has 2 heterocycles. The average Bonchev–Trinajstić information content (AvgIpc) is 3.68. The predicted octanol–water partition coefficient (Wildman–Crippen LogP) is 4.77. The lowest BCUT2D eigenvalue weighted by atomic mass is 10.00. The maximum absolute atomic E-state index is 11.6. The number of carbonyl (C=O) groups is 1. The Balaban J connectivity index is 1.25. The van der Waals surface area contributed by atoms with Gasteiger partial charge in [-0.1, -0.05) is 34.4 Å². The van der Waals surface area contributed by atoms with Crippen molar-refractivity contribution in [3.8, 4) is 11.3 Å². The van der Waals surface area contributed by atoms with Crippen LogP contribution < -0.4 is 5.32 Å². The zero-order valence-electron chi connectivity index (χ0n) is 21.5. The van der Waals surface area contributed by atoms with Gasteiger partial charge in [0.1, 0.15) is 17.2 Å². The predicted molar refractivity (Wildman–Crippen MR) is 150 cm³/mol. The monoisotopic (exact) mass is 555 g/mol. The molecular formula is C28H31Cl2N5O3. The van der Waals surface area contributed by atoms with E-state index in [-0.39, 0.29) is 5.70 Å². The summed E-state index contributed by atoms with van der Waals surface area (Å²) in [4.78, 5) is 20.7. The van der Waals surface area contributed by atoms with Crippen molar-refractivity contribution >= 4 is 34.9 Å². The van der Waals surface area contributed by atoms with Crippen molar-refractivity contribution in [2.75, 3.05) is 46.8 Å². The van der Waals surface area contributed by atoms with Gasteiger partial charge in [0.15, 0.2) is 0 Å². The Kier molecular flexibility index (Phi) is 7.93. The fraction of sp³-hybridized carbons (Fsp3) is 0.393. The van der Waals surface area contributed by atoms with Gasteiger partial charge in [-0.05, 0) is 49.6 Å². The number of likely N-dealkylation sites (N-methyl/N-ethyl adjacent to an activating group) is 1. The summed E-state index contributed by atoms with van der Waals surface area (Å²) in [5.41, 5.74) is 5.04. The number of halogens is 2. The highest BCUT2D eigenvalue weighted by molar-refractivity contribution is 6.39. The molecule has 200 valence electrons. The molecule has 10 heteroatoms. The molecule has 2 N–H and O–H groups in total. The lowest BCUT2D eigenvalue weighted by Gasteiger charge is -2.37. The molecule has 1 aromatic heterocycles. The van der Waals surface area contributed by atoms with Crippen LogP contribution >= 0.6 is 23.2 Å². The summed E-state index contributed by atoms with van der Waals surface area (Å²) in [6.07, 6.45) is 8.83. The molecule has 38 heavy (non-hydrogen) atoms.